The number of methoxy groups -OCH3 is 2. The van der Waals surface area contributed by atoms with Crippen LogP contribution in [0.4, 0.5) is 45.5 Å². The fraction of sp³-hybridized carbons (Fsp3) is 0.176. The molecular formula is C34H30BaN8O16S2. The van der Waals surface area contributed by atoms with Crippen LogP contribution in [-0.4, -0.2) is 122 Å². The minimum absolute atomic E-state index is 0. The summed E-state index contributed by atoms with van der Waals surface area (Å²) in [6.07, 6.45) is -0.795. The molecule has 27 heteroatoms. The maximum Gasteiger partial charge on any atom is 2.00 e. The first-order valence-corrected chi connectivity index (χ1v) is 19.1. The number of benzene rings is 4. The summed E-state index contributed by atoms with van der Waals surface area (Å²) in [5.41, 5.74) is -2.98. The molecule has 0 radical (unpaired) electrons. The molecule has 4 rings (SSSR count). The van der Waals surface area contributed by atoms with Crippen molar-refractivity contribution in [3.05, 3.63) is 93.0 Å². The zero-order chi connectivity index (χ0) is 44.9. The van der Waals surface area contributed by atoms with Crippen LogP contribution in [0.2, 0.25) is 0 Å². The van der Waals surface area contributed by atoms with E-state index in [1.54, 1.807) is 0 Å². The molecule has 61 heavy (non-hydrogen) atoms. The van der Waals surface area contributed by atoms with Crippen molar-refractivity contribution in [1.82, 2.24) is 0 Å². The summed E-state index contributed by atoms with van der Waals surface area (Å²) in [6, 6.07) is 14.1. The Labute approximate surface area is 385 Å². The normalized spacial score (nSPS) is 11.1. The van der Waals surface area contributed by atoms with Crippen molar-refractivity contribution in [2.45, 2.75) is 36.5 Å². The number of ketones is 2. The van der Waals surface area contributed by atoms with Gasteiger partial charge in [-0.25, -0.2) is 16.8 Å². The molecule has 316 valence electrons. The molecule has 0 fully saturated rings. The Kier molecular flexibility index (Phi) is 19.1. The van der Waals surface area contributed by atoms with Crippen LogP contribution >= 0.6 is 0 Å². The van der Waals surface area contributed by atoms with Gasteiger partial charge in [-0.2, -0.15) is 0 Å². The Morgan fingerprint density at radius 3 is 1.23 bits per heavy atom. The topological polar surface area (TPSA) is 361 Å². The van der Waals surface area contributed by atoms with Crippen LogP contribution in [0.5, 0.6) is 11.5 Å². The number of anilines is 2. The van der Waals surface area contributed by atoms with E-state index < -0.39 is 87.3 Å². The van der Waals surface area contributed by atoms with Crippen molar-refractivity contribution in [3.63, 3.8) is 0 Å². The molecule has 0 aliphatic carbocycles. The summed E-state index contributed by atoms with van der Waals surface area (Å²) in [5.74, 6) is -1.47. The van der Waals surface area contributed by atoms with Gasteiger partial charge in [0, 0.05) is 24.3 Å². The van der Waals surface area contributed by atoms with Gasteiger partial charge in [0.2, 0.25) is 11.8 Å². The van der Waals surface area contributed by atoms with Gasteiger partial charge >= 0.3 is 48.9 Å². The molecule has 24 nitrogen and oxygen atoms in total. The van der Waals surface area contributed by atoms with Crippen LogP contribution < -0.4 is 20.1 Å². The maximum absolute atomic E-state index is 11.9. The quantitative estimate of drug-likeness (QED) is 0.0359. The number of nitrogens with one attached hydrogen (secondary N) is 2. The Morgan fingerprint density at radius 2 is 0.951 bits per heavy atom. The molecule has 2 amide bonds. The van der Waals surface area contributed by atoms with Gasteiger partial charge in [0.15, 0.2) is 11.4 Å². The van der Waals surface area contributed by atoms with Crippen molar-refractivity contribution < 1.29 is 64.4 Å². The molecule has 4 aromatic rings. The fourth-order valence-electron chi connectivity index (χ4n) is 4.62. The summed E-state index contributed by atoms with van der Waals surface area (Å²) >= 11 is 0. The molecule has 0 aliphatic rings. The largest absolute Gasteiger partial charge is 2.00 e. The molecule has 0 unspecified atom stereocenters. The summed E-state index contributed by atoms with van der Waals surface area (Å²) in [7, 11) is -7.47. The van der Waals surface area contributed by atoms with Crippen LogP contribution in [0.15, 0.2) is 103 Å². The average Bonchev–Trinajstić information content (AvgIpc) is 3.15. The number of nitro groups is 2. The monoisotopic (exact) mass is 1010 g/mol. The molecule has 0 aliphatic heterocycles. The van der Waals surface area contributed by atoms with E-state index in [1.807, 2.05) is 0 Å². The van der Waals surface area contributed by atoms with Crippen molar-refractivity contribution in [1.29, 1.82) is 0 Å². The minimum Gasteiger partial charge on any atom is -0.744 e. The van der Waals surface area contributed by atoms with Crippen molar-refractivity contribution >= 4 is 138 Å². The van der Waals surface area contributed by atoms with Crippen molar-refractivity contribution in [2.24, 2.45) is 20.5 Å². The molecule has 0 saturated carbocycles. The molecule has 4 aromatic carbocycles. The van der Waals surface area contributed by atoms with E-state index in [4.69, 9.17) is 9.47 Å². The average molecular weight is 1010 g/mol. The van der Waals surface area contributed by atoms with E-state index in [-0.39, 0.29) is 94.7 Å². The van der Waals surface area contributed by atoms with Gasteiger partial charge in [-0.05, 0) is 50.2 Å². The van der Waals surface area contributed by atoms with Crippen molar-refractivity contribution in [3.8, 4) is 11.5 Å². The number of carbonyl (C=O) groups excluding carboxylic acids is 4. The van der Waals surface area contributed by atoms with E-state index in [9.17, 15) is 65.3 Å². The predicted octanol–water partition coefficient (Wildman–Crippen LogP) is 5.30. The number of ether oxygens (including phenoxy) is 2. The van der Waals surface area contributed by atoms with Crippen LogP contribution in [0.25, 0.3) is 0 Å². The van der Waals surface area contributed by atoms with Crippen molar-refractivity contribution in [2.75, 3.05) is 24.9 Å². The first kappa shape index (κ1) is 51.3. The summed E-state index contributed by atoms with van der Waals surface area (Å²) in [5, 5.41) is 42.1. The predicted molar refractivity (Wildman–Crippen MR) is 210 cm³/mol. The first-order chi connectivity index (χ1) is 28.0. The van der Waals surface area contributed by atoms with E-state index in [0.29, 0.717) is 0 Å². The number of Topliss-reactive ketones (excluding diaryl/α,β-unsaturated/α-hetero) is 2. The molecule has 0 spiro atoms. The zero-order valence-corrected chi connectivity index (χ0v) is 38.2. The number of nitro benzene ring substituents is 2. The van der Waals surface area contributed by atoms with Gasteiger partial charge in [0.05, 0.1) is 58.1 Å². The van der Waals surface area contributed by atoms with Gasteiger partial charge in [-0.3, -0.25) is 39.4 Å². The van der Waals surface area contributed by atoms with Gasteiger partial charge in [-0.1, -0.05) is 12.1 Å². The first-order valence-electron chi connectivity index (χ1n) is 16.3. The molecular weight excluding hydrogens is 978 g/mol. The molecule has 0 bridgehead atoms. The van der Waals surface area contributed by atoms with Gasteiger partial charge < -0.3 is 29.2 Å². The number of hydrogen-bond donors (Lipinski definition) is 2. The molecule has 0 saturated heterocycles. The Balaban J connectivity index is 0.000000413. The van der Waals surface area contributed by atoms with Crippen LogP contribution in [-0.2, 0) is 39.4 Å². The van der Waals surface area contributed by atoms with E-state index in [2.05, 4.69) is 31.1 Å². The van der Waals surface area contributed by atoms with Crippen LogP contribution in [0, 0.1) is 20.2 Å². The summed E-state index contributed by atoms with van der Waals surface area (Å²) < 4.78 is 78.9. The number of nitrogens with zero attached hydrogens (tertiary/aromatic N) is 6. The SMILES string of the molecule is COc1ccc(NC(=O)CC(C)=O)c(N=Nc2c([N+](=O)[O-])cccc2S(=O)(=O)[O-])c1.COc1ccc(NC(=O)CC(C)=O)c(N=Nc2c([N+](=O)[O-])cccc2S(=O)(=O)[O-])c1.[Ba+2]. The van der Waals surface area contributed by atoms with Gasteiger partial charge in [0.25, 0.3) is 11.4 Å². The fourth-order valence-corrected chi connectivity index (χ4v) is 5.88. The zero-order valence-electron chi connectivity index (χ0n) is 32.1. The molecule has 0 aromatic heterocycles. The summed E-state index contributed by atoms with van der Waals surface area (Å²) in [4.78, 5) is 64.8. The van der Waals surface area contributed by atoms with Gasteiger partial charge in [0.1, 0.15) is 54.7 Å². The number of carbonyl (C=O) groups is 4. The third kappa shape index (κ3) is 15.3. The third-order valence-electron chi connectivity index (χ3n) is 7.18. The van der Waals surface area contributed by atoms with E-state index in [1.165, 1.54) is 64.5 Å². The number of azo groups is 2. The summed E-state index contributed by atoms with van der Waals surface area (Å²) in [6.45, 7) is 2.46. The molecule has 2 N–H and O–H groups in total. The molecule has 0 atom stereocenters. The third-order valence-corrected chi connectivity index (χ3v) is 8.92. The Hall–Kier alpha value is -5.85. The van der Waals surface area contributed by atoms with Crippen LogP contribution in [0.3, 0.4) is 0 Å². The van der Waals surface area contributed by atoms with E-state index in [0.717, 1.165) is 36.4 Å². The van der Waals surface area contributed by atoms with Gasteiger partial charge in [-0.15, -0.1) is 20.5 Å². The number of amides is 2. The molecule has 0 heterocycles. The van der Waals surface area contributed by atoms with E-state index >= 15 is 0 Å². The second kappa shape index (κ2) is 22.7. The van der Waals surface area contributed by atoms with Crippen LogP contribution in [0.1, 0.15) is 26.7 Å². The minimum atomic E-state index is -5.09. The maximum atomic E-state index is 11.9. The smallest absolute Gasteiger partial charge is 0.744 e. The number of rotatable bonds is 16. The standard InChI is InChI=1S/2C17H16N4O8S.Ba/c2*1-10(22)8-16(23)18-12-7-6-11(29-2)9-13(12)19-20-17-14(21(24)25)4-3-5-15(17)30(26,27)28;/h2*3-7,9H,8H2,1-2H3,(H,18,23)(H,26,27,28);/q;;+2/p-2. The Morgan fingerprint density at radius 1 is 0.607 bits per heavy atom. The second-order valence-corrected chi connectivity index (χ2v) is 14.4. The number of hydrogen-bond acceptors (Lipinski definition) is 20. The Bertz CT molecular complexity index is 2480. The second-order valence-electron chi connectivity index (χ2n) is 11.7.